The Morgan fingerprint density at radius 1 is 0.686 bits per heavy atom. The molecular weight excluding hydrogens is 444 g/mol. The molecule has 0 spiro atoms. The molecule has 2 aromatic heterocycles. The summed E-state index contributed by atoms with van der Waals surface area (Å²) < 4.78 is 0. The molecule has 2 heterocycles. The van der Waals surface area contributed by atoms with Gasteiger partial charge in [0.05, 0.1) is 12.1 Å². The van der Waals surface area contributed by atoms with E-state index in [9.17, 15) is 19.2 Å². The summed E-state index contributed by atoms with van der Waals surface area (Å²) in [6, 6.07) is 5.13. The summed E-state index contributed by atoms with van der Waals surface area (Å²) in [6.45, 7) is 7.78. The standard InChI is InChI=1S/C27H36N4O4/c1-5-18(3)24(30-26(34)20-10-14-28-15-11-20)22(32)8-7-9-23(33)25(19(4)6-2)31-27(35)21-12-16-29-17-13-21/h10-19,24-25H,5-9H2,1-4H3,(H,30,34)(H,31,35)/t18?,19?,24-,25-/m0/s1. The Morgan fingerprint density at radius 3 is 1.34 bits per heavy atom. The molecule has 2 rings (SSSR count). The second-order valence-corrected chi connectivity index (χ2v) is 8.93. The van der Waals surface area contributed by atoms with Crippen LogP contribution in [0.3, 0.4) is 0 Å². The summed E-state index contributed by atoms with van der Waals surface area (Å²) in [5.74, 6) is -0.936. The summed E-state index contributed by atoms with van der Waals surface area (Å²) >= 11 is 0. The SMILES string of the molecule is CCC(C)[C@H](NC(=O)c1ccncc1)C(=O)CCCC(=O)[C@@H](NC(=O)c1ccncc1)C(C)CC. The van der Waals surface area contributed by atoms with Crippen LogP contribution < -0.4 is 10.6 Å². The predicted octanol–water partition coefficient (Wildman–Crippen LogP) is 3.77. The second-order valence-electron chi connectivity index (χ2n) is 8.93. The smallest absolute Gasteiger partial charge is 0.251 e. The summed E-state index contributed by atoms with van der Waals surface area (Å²) in [6.07, 6.45) is 8.26. The molecule has 0 fully saturated rings. The lowest BCUT2D eigenvalue weighted by molar-refractivity contribution is -0.123. The van der Waals surface area contributed by atoms with Crippen LogP contribution in [-0.4, -0.2) is 45.4 Å². The van der Waals surface area contributed by atoms with Gasteiger partial charge < -0.3 is 10.6 Å². The quantitative estimate of drug-likeness (QED) is 0.425. The minimum absolute atomic E-state index is 0.0449. The number of ketones is 2. The van der Waals surface area contributed by atoms with Crippen LogP contribution in [-0.2, 0) is 9.59 Å². The molecule has 2 unspecified atom stereocenters. The number of nitrogens with zero attached hydrogens (tertiary/aromatic N) is 2. The number of carbonyl (C=O) groups is 4. The first kappa shape index (κ1) is 27.8. The van der Waals surface area contributed by atoms with Crippen molar-refractivity contribution in [2.75, 3.05) is 0 Å². The number of nitrogens with one attached hydrogen (secondary N) is 2. The van der Waals surface area contributed by atoms with E-state index in [1.807, 2.05) is 27.7 Å². The van der Waals surface area contributed by atoms with E-state index in [4.69, 9.17) is 0 Å². The van der Waals surface area contributed by atoms with Gasteiger partial charge in [-0.1, -0.05) is 40.5 Å². The van der Waals surface area contributed by atoms with Gasteiger partial charge in [0.1, 0.15) is 0 Å². The van der Waals surface area contributed by atoms with Gasteiger partial charge in [0.15, 0.2) is 11.6 Å². The van der Waals surface area contributed by atoms with Gasteiger partial charge in [-0.25, -0.2) is 0 Å². The number of pyridine rings is 2. The molecule has 0 aliphatic carbocycles. The lowest BCUT2D eigenvalue weighted by Gasteiger charge is -2.24. The van der Waals surface area contributed by atoms with Crippen molar-refractivity contribution in [1.29, 1.82) is 0 Å². The number of amides is 2. The van der Waals surface area contributed by atoms with Crippen LogP contribution in [0.2, 0.25) is 0 Å². The van der Waals surface area contributed by atoms with Crippen molar-refractivity contribution >= 4 is 23.4 Å². The number of aromatic nitrogens is 2. The Bertz CT molecular complexity index is 902. The minimum atomic E-state index is -0.632. The van der Waals surface area contributed by atoms with Crippen molar-refractivity contribution in [3.63, 3.8) is 0 Å². The second kappa shape index (κ2) is 14.1. The third-order valence-electron chi connectivity index (χ3n) is 6.42. The first-order valence-corrected chi connectivity index (χ1v) is 12.3. The third kappa shape index (κ3) is 8.38. The highest BCUT2D eigenvalue weighted by molar-refractivity contribution is 5.99. The highest BCUT2D eigenvalue weighted by Crippen LogP contribution is 2.16. The Balaban J connectivity index is 1.97. The van der Waals surface area contributed by atoms with Gasteiger partial charge in [0.2, 0.25) is 0 Å². The lowest BCUT2D eigenvalue weighted by atomic mass is 9.90. The zero-order valence-electron chi connectivity index (χ0n) is 21.0. The molecule has 2 aromatic rings. The molecule has 0 aliphatic heterocycles. The maximum Gasteiger partial charge on any atom is 0.251 e. The van der Waals surface area contributed by atoms with Crippen LogP contribution in [0, 0.1) is 11.8 Å². The van der Waals surface area contributed by atoms with E-state index in [0.717, 1.165) is 12.8 Å². The van der Waals surface area contributed by atoms with Gasteiger partial charge in [-0.3, -0.25) is 29.1 Å². The number of carbonyl (C=O) groups excluding carboxylic acids is 4. The van der Waals surface area contributed by atoms with Gasteiger partial charge in [0.25, 0.3) is 11.8 Å². The van der Waals surface area contributed by atoms with Gasteiger partial charge in [-0.2, -0.15) is 0 Å². The average Bonchev–Trinajstić information content (AvgIpc) is 2.89. The molecule has 0 saturated heterocycles. The van der Waals surface area contributed by atoms with Crippen LogP contribution in [0.1, 0.15) is 80.5 Å². The van der Waals surface area contributed by atoms with Crippen molar-refractivity contribution in [3.8, 4) is 0 Å². The molecule has 2 N–H and O–H groups in total. The van der Waals surface area contributed by atoms with Crippen molar-refractivity contribution in [2.45, 2.75) is 71.9 Å². The van der Waals surface area contributed by atoms with Gasteiger partial charge in [0, 0.05) is 48.8 Å². The van der Waals surface area contributed by atoms with E-state index in [-0.39, 0.29) is 48.1 Å². The van der Waals surface area contributed by atoms with Crippen LogP contribution in [0.5, 0.6) is 0 Å². The Hall–Kier alpha value is -3.42. The Morgan fingerprint density at radius 2 is 1.03 bits per heavy atom. The molecule has 0 bridgehead atoms. The highest BCUT2D eigenvalue weighted by atomic mass is 16.2. The zero-order valence-corrected chi connectivity index (χ0v) is 21.0. The normalized spacial score (nSPS) is 14.3. The van der Waals surface area contributed by atoms with Crippen LogP contribution >= 0.6 is 0 Å². The van der Waals surface area contributed by atoms with E-state index in [0.29, 0.717) is 17.5 Å². The summed E-state index contributed by atoms with van der Waals surface area (Å²) in [5.41, 5.74) is 0.884. The topological polar surface area (TPSA) is 118 Å². The van der Waals surface area contributed by atoms with Crippen molar-refractivity contribution in [3.05, 3.63) is 60.2 Å². The largest absolute Gasteiger partial charge is 0.342 e. The maximum absolute atomic E-state index is 13.0. The minimum Gasteiger partial charge on any atom is -0.342 e. The van der Waals surface area contributed by atoms with E-state index < -0.39 is 12.1 Å². The highest BCUT2D eigenvalue weighted by Gasteiger charge is 2.28. The first-order chi connectivity index (χ1) is 16.8. The first-order valence-electron chi connectivity index (χ1n) is 12.3. The van der Waals surface area contributed by atoms with Crippen molar-refractivity contribution < 1.29 is 19.2 Å². The number of Topliss-reactive ketones (excluding diaryl/α,β-unsaturated/α-hetero) is 2. The lowest BCUT2D eigenvalue weighted by Crippen LogP contribution is -2.46. The van der Waals surface area contributed by atoms with Crippen molar-refractivity contribution in [2.24, 2.45) is 11.8 Å². The number of rotatable bonds is 14. The summed E-state index contributed by atoms with van der Waals surface area (Å²) in [5, 5.41) is 5.71. The molecule has 8 heteroatoms. The van der Waals surface area contributed by atoms with Gasteiger partial charge >= 0.3 is 0 Å². The van der Waals surface area contributed by atoms with Crippen molar-refractivity contribution in [1.82, 2.24) is 20.6 Å². The number of hydrogen-bond acceptors (Lipinski definition) is 6. The van der Waals surface area contributed by atoms with E-state index in [2.05, 4.69) is 20.6 Å². The van der Waals surface area contributed by atoms with Crippen LogP contribution in [0.25, 0.3) is 0 Å². The van der Waals surface area contributed by atoms with Gasteiger partial charge in [-0.15, -0.1) is 0 Å². The molecular formula is C27H36N4O4. The molecule has 2 amide bonds. The van der Waals surface area contributed by atoms with Crippen LogP contribution in [0.15, 0.2) is 49.1 Å². The number of hydrogen-bond donors (Lipinski definition) is 2. The van der Waals surface area contributed by atoms with Crippen LogP contribution in [0.4, 0.5) is 0 Å². The fourth-order valence-corrected chi connectivity index (χ4v) is 3.76. The fourth-order valence-electron chi connectivity index (χ4n) is 3.76. The fraction of sp³-hybridized carbons (Fsp3) is 0.481. The summed E-state index contributed by atoms with van der Waals surface area (Å²) in [7, 11) is 0. The van der Waals surface area contributed by atoms with E-state index in [1.54, 1.807) is 24.3 Å². The molecule has 0 aliphatic rings. The van der Waals surface area contributed by atoms with Gasteiger partial charge in [-0.05, 0) is 42.5 Å². The molecule has 0 saturated carbocycles. The molecule has 35 heavy (non-hydrogen) atoms. The third-order valence-corrected chi connectivity index (χ3v) is 6.42. The Labute approximate surface area is 207 Å². The zero-order chi connectivity index (χ0) is 25.8. The molecule has 0 radical (unpaired) electrons. The van der Waals surface area contributed by atoms with E-state index in [1.165, 1.54) is 24.8 Å². The molecule has 0 aromatic carbocycles. The summed E-state index contributed by atoms with van der Waals surface area (Å²) in [4.78, 5) is 59.0. The maximum atomic E-state index is 13.0. The Kier molecular flexibility index (Phi) is 11.2. The molecule has 8 nitrogen and oxygen atoms in total. The monoisotopic (exact) mass is 480 g/mol. The predicted molar refractivity (Wildman–Crippen MR) is 134 cm³/mol. The average molecular weight is 481 g/mol. The van der Waals surface area contributed by atoms with E-state index >= 15 is 0 Å². The molecule has 4 atom stereocenters. The molecule has 188 valence electrons.